The number of benzene rings is 1. The minimum atomic E-state index is -1.17. The van der Waals surface area contributed by atoms with E-state index in [-0.39, 0.29) is 5.75 Å². The Bertz CT molecular complexity index is 539. The number of nitrogens with zero attached hydrogens (tertiary/aromatic N) is 1. The summed E-state index contributed by atoms with van der Waals surface area (Å²) >= 11 is 0. The maximum Gasteiger partial charge on any atom is 0.178 e. The molecule has 6 heteroatoms. The van der Waals surface area contributed by atoms with Crippen molar-refractivity contribution in [2.45, 2.75) is 31.0 Å². The van der Waals surface area contributed by atoms with E-state index in [1.54, 1.807) is 19.1 Å². The number of hydrogen-bond donors (Lipinski definition) is 3. The molecule has 1 aromatic rings. The highest BCUT2D eigenvalue weighted by atomic mass is 19.3. The third-order valence-corrected chi connectivity index (χ3v) is 4.25. The zero-order valence-electron chi connectivity index (χ0n) is 11.3. The van der Waals surface area contributed by atoms with Crippen LogP contribution in [0.2, 0.25) is 0 Å². The van der Waals surface area contributed by atoms with Crippen LogP contribution in [0.1, 0.15) is 25.3 Å². The number of hydrogen-bond acceptors (Lipinski definition) is 5. The zero-order valence-corrected chi connectivity index (χ0v) is 11.3. The first-order chi connectivity index (χ1) is 9.56. The van der Waals surface area contributed by atoms with Crippen molar-refractivity contribution in [1.82, 2.24) is 10.6 Å². The molecule has 3 rings (SSSR count). The predicted octanol–water partition coefficient (Wildman–Crippen LogP) is 1.13. The van der Waals surface area contributed by atoms with E-state index in [2.05, 4.69) is 20.6 Å². The number of amidine groups is 1. The monoisotopic (exact) mass is 279 g/mol. The van der Waals surface area contributed by atoms with Gasteiger partial charge in [-0.05, 0) is 45.0 Å². The van der Waals surface area contributed by atoms with Crippen LogP contribution in [0.15, 0.2) is 29.3 Å². The number of piperidine rings is 1. The second kappa shape index (κ2) is 4.71. The van der Waals surface area contributed by atoms with Crippen LogP contribution in [0, 0.1) is 0 Å². The molecule has 3 N–H and O–H groups in total. The van der Waals surface area contributed by atoms with Gasteiger partial charge in [0.15, 0.2) is 11.5 Å². The highest BCUT2D eigenvalue weighted by Crippen LogP contribution is 2.37. The summed E-state index contributed by atoms with van der Waals surface area (Å²) in [7, 11) is 0. The fraction of sp³-hybridized carbons (Fsp3) is 0.500. The molecule has 5 nitrogen and oxygen atoms in total. The third-order valence-electron chi connectivity index (χ3n) is 4.25. The highest BCUT2D eigenvalue weighted by Gasteiger charge is 2.52. The van der Waals surface area contributed by atoms with Crippen LogP contribution in [0.4, 0.5) is 4.53 Å². The fourth-order valence-electron chi connectivity index (χ4n) is 2.98. The van der Waals surface area contributed by atoms with Gasteiger partial charge in [-0.25, -0.2) is 4.99 Å². The second-order valence-corrected chi connectivity index (χ2v) is 5.54. The molecular formula is C14H18FN3O2. The maximum absolute atomic E-state index is 12.3. The van der Waals surface area contributed by atoms with Crippen molar-refractivity contribution < 1.29 is 14.6 Å². The topological polar surface area (TPSA) is 65.9 Å². The van der Waals surface area contributed by atoms with E-state index in [1.165, 1.54) is 6.07 Å². The average molecular weight is 279 g/mol. The molecule has 1 fully saturated rings. The van der Waals surface area contributed by atoms with Crippen molar-refractivity contribution in [2.75, 3.05) is 13.1 Å². The van der Waals surface area contributed by atoms with Gasteiger partial charge < -0.3 is 15.7 Å². The van der Waals surface area contributed by atoms with Crippen LogP contribution in [0.5, 0.6) is 5.75 Å². The molecule has 0 saturated carbocycles. The molecule has 0 aliphatic carbocycles. The maximum atomic E-state index is 12.3. The largest absolute Gasteiger partial charge is 0.367 e. The van der Waals surface area contributed by atoms with Crippen molar-refractivity contribution in [2.24, 2.45) is 4.99 Å². The molecular weight excluding hydrogens is 261 g/mol. The van der Waals surface area contributed by atoms with Crippen molar-refractivity contribution in [1.29, 1.82) is 0 Å². The van der Waals surface area contributed by atoms with Crippen molar-refractivity contribution in [3.05, 3.63) is 29.8 Å². The molecule has 1 aromatic carbocycles. The smallest absolute Gasteiger partial charge is 0.178 e. The summed E-state index contributed by atoms with van der Waals surface area (Å²) in [5.41, 5.74) is -0.923. The van der Waals surface area contributed by atoms with Gasteiger partial charge in [0.25, 0.3) is 0 Å². The molecule has 20 heavy (non-hydrogen) atoms. The predicted molar refractivity (Wildman–Crippen MR) is 73.3 cm³/mol. The Hall–Kier alpha value is -1.66. The number of rotatable bonds is 2. The van der Waals surface area contributed by atoms with E-state index in [4.69, 9.17) is 0 Å². The number of aliphatic hydroxyl groups is 1. The van der Waals surface area contributed by atoms with Gasteiger partial charge in [-0.3, -0.25) is 4.94 Å². The molecule has 0 aromatic heterocycles. The molecule has 1 spiro atoms. The summed E-state index contributed by atoms with van der Waals surface area (Å²) in [6.45, 7) is 3.38. The quantitative estimate of drug-likeness (QED) is 0.759. The van der Waals surface area contributed by atoms with Crippen LogP contribution >= 0.6 is 0 Å². The molecule has 2 heterocycles. The normalized spacial score (nSPS) is 28.1. The summed E-state index contributed by atoms with van der Waals surface area (Å²) in [4.78, 5) is 8.15. The van der Waals surface area contributed by atoms with E-state index < -0.39 is 11.3 Å². The van der Waals surface area contributed by atoms with Crippen molar-refractivity contribution in [3.63, 3.8) is 0 Å². The molecule has 1 saturated heterocycles. The Morgan fingerprint density at radius 3 is 2.80 bits per heavy atom. The molecule has 1 unspecified atom stereocenters. The first-order valence-electron chi connectivity index (χ1n) is 6.76. The Balaban J connectivity index is 1.92. The second-order valence-electron chi connectivity index (χ2n) is 5.54. The van der Waals surface area contributed by atoms with Crippen molar-refractivity contribution >= 4 is 5.84 Å². The van der Waals surface area contributed by atoms with Gasteiger partial charge in [-0.2, -0.15) is 0 Å². The summed E-state index contributed by atoms with van der Waals surface area (Å²) in [6.07, 6.45) is 1.57. The summed E-state index contributed by atoms with van der Waals surface area (Å²) < 4.78 is 12.3. The Morgan fingerprint density at radius 2 is 2.10 bits per heavy atom. The lowest BCUT2D eigenvalue weighted by Crippen LogP contribution is -2.61. The SMILES string of the molecule is CC1(O)N=C(c2cccc(OF)c2)NC12CCNCC2. The molecule has 1 atom stereocenters. The van der Waals surface area contributed by atoms with E-state index >= 15 is 0 Å². The minimum Gasteiger partial charge on any atom is -0.367 e. The Morgan fingerprint density at radius 1 is 1.35 bits per heavy atom. The van der Waals surface area contributed by atoms with E-state index in [0.29, 0.717) is 11.4 Å². The summed E-state index contributed by atoms with van der Waals surface area (Å²) in [5, 5.41) is 17.3. The molecule has 108 valence electrons. The minimum absolute atomic E-state index is 0.123. The van der Waals surface area contributed by atoms with Gasteiger partial charge in [0, 0.05) is 10.1 Å². The third kappa shape index (κ3) is 2.05. The van der Waals surface area contributed by atoms with Crippen LogP contribution in [0.3, 0.4) is 0 Å². The van der Waals surface area contributed by atoms with Crippen LogP contribution in [-0.2, 0) is 0 Å². The zero-order chi connectivity index (χ0) is 14.2. The van der Waals surface area contributed by atoms with Gasteiger partial charge in [0.2, 0.25) is 0 Å². The first kappa shape index (κ1) is 13.3. The number of aliphatic imine (C=N–C) groups is 1. The molecule has 2 aliphatic heterocycles. The average Bonchev–Trinajstić information content (AvgIpc) is 2.71. The summed E-state index contributed by atoms with van der Waals surface area (Å²) in [6, 6.07) is 6.58. The first-order valence-corrected chi connectivity index (χ1v) is 6.76. The standard InChI is InChI=1S/C14H18FN3O2/c1-13(19)14(5-7-16-8-6-14)18-12(17-13)10-3-2-4-11(9-10)20-15/h2-4,9,16,19H,5-8H2,1H3,(H,17,18). The van der Waals surface area contributed by atoms with Crippen LogP contribution in [-0.4, -0.2) is 35.3 Å². The molecule has 0 radical (unpaired) electrons. The van der Waals surface area contributed by atoms with E-state index in [9.17, 15) is 9.63 Å². The van der Waals surface area contributed by atoms with E-state index in [1.807, 2.05) is 6.07 Å². The lowest BCUT2D eigenvalue weighted by molar-refractivity contribution is -0.0231. The molecule has 0 amide bonds. The summed E-state index contributed by atoms with van der Waals surface area (Å²) in [5.74, 6) is 0.703. The van der Waals surface area contributed by atoms with Gasteiger partial charge >= 0.3 is 0 Å². The van der Waals surface area contributed by atoms with Gasteiger partial charge in [-0.1, -0.05) is 12.1 Å². The number of nitrogens with one attached hydrogen (secondary N) is 2. The van der Waals surface area contributed by atoms with Gasteiger partial charge in [0.1, 0.15) is 5.84 Å². The van der Waals surface area contributed by atoms with Gasteiger partial charge in [0.05, 0.1) is 5.54 Å². The van der Waals surface area contributed by atoms with Crippen molar-refractivity contribution in [3.8, 4) is 5.75 Å². The van der Waals surface area contributed by atoms with Gasteiger partial charge in [-0.15, -0.1) is 0 Å². The van der Waals surface area contributed by atoms with E-state index in [0.717, 1.165) is 25.9 Å². The van der Waals surface area contributed by atoms with Crippen LogP contribution < -0.4 is 15.6 Å². The lowest BCUT2D eigenvalue weighted by atomic mass is 9.80. The fourth-order valence-corrected chi connectivity index (χ4v) is 2.98. The molecule has 0 bridgehead atoms. The Kier molecular flexibility index (Phi) is 3.14. The number of halogens is 1. The van der Waals surface area contributed by atoms with Crippen LogP contribution in [0.25, 0.3) is 0 Å². The lowest BCUT2D eigenvalue weighted by Gasteiger charge is -2.41. The Labute approximate surface area is 116 Å². The highest BCUT2D eigenvalue weighted by molar-refractivity contribution is 6.01. The molecule has 2 aliphatic rings.